The topological polar surface area (TPSA) is 52.0 Å². The van der Waals surface area contributed by atoms with Gasteiger partial charge in [0.25, 0.3) is 0 Å². The fourth-order valence-electron chi connectivity index (χ4n) is 2.77. The molecule has 1 aromatic heterocycles. The Morgan fingerprint density at radius 2 is 1.86 bits per heavy atom. The molecule has 1 fully saturated rings. The molecule has 118 valence electrons. The first-order chi connectivity index (χ1) is 9.88. The van der Waals surface area contributed by atoms with Crippen LogP contribution in [0.1, 0.15) is 18.2 Å². The summed E-state index contributed by atoms with van der Waals surface area (Å²) in [6, 6.07) is 14.7. The molecular formula is C16H20Cl2N4. The lowest BCUT2D eigenvalue weighted by molar-refractivity contribution is 0.173. The van der Waals surface area contributed by atoms with Crippen LogP contribution in [0.15, 0.2) is 36.4 Å². The molecule has 0 amide bonds. The number of rotatable bonds is 3. The quantitative estimate of drug-likeness (QED) is 0.934. The number of benzene rings is 1. The minimum atomic E-state index is 0. The Hall–Kier alpha value is -1.38. The largest absolute Gasteiger partial charge is 0.314 e. The number of nitriles is 1. The van der Waals surface area contributed by atoms with Gasteiger partial charge in [0.1, 0.15) is 0 Å². The van der Waals surface area contributed by atoms with Crippen LogP contribution in [0.2, 0.25) is 0 Å². The summed E-state index contributed by atoms with van der Waals surface area (Å²) in [5.41, 5.74) is 2.01. The van der Waals surface area contributed by atoms with Gasteiger partial charge < -0.3 is 5.32 Å². The monoisotopic (exact) mass is 338 g/mol. The number of piperazine rings is 1. The zero-order chi connectivity index (χ0) is 13.8. The molecule has 0 unspecified atom stereocenters. The summed E-state index contributed by atoms with van der Waals surface area (Å²) in [6.45, 7) is 3.91. The van der Waals surface area contributed by atoms with E-state index < -0.39 is 0 Å². The number of nitrogens with one attached hydrogen (secondary N) is 1. The van der Waals surface area contributed by atoms with Crippen LogP contribution in [0, 0.1) is 11.3 Å². The molecule has 0 saturated carbocycles. The van der Waals surface area contributed by atoms with Gasteiger partial charge in [-0.05, 0) is 12.1 Å². The molecule has 0 bridgehead atoms. The molecule has 1 saturated heterocycles. The Balaban J connectivity index is 0.00000121. The molecule has 1 N–H and O–H groups in total. The van der Waals surface area contributed by atoms with E-state index in [0.29, 0.717) is 6.42 Å². The first-order valence-corrected chi connectivity index (χ1v) is 7.06. The number of pyridine rings is 1. The second-order valence-corrected chi connectivity index (χ2v) is 5.09. The fourth-order valence-corrected chi connectivity index (χ4v) is 2.77. The number of halogens is 2. The molecule has 6 heteroatoms. The van der Waals surface area contributed by atoms with Crippen LogP contribution in [0.4, 0.5) is 0 Å². The van der Waals surface area contributed by atoms with Crippen molar-refractivity contribution in [1.29, 1.82) is 5.26 Å². The van der Waals surface area contributed by atoms with Crippen LogP contribution < -0.4 is 5.32 Å². The third-order valence-corrected chi connectivity index (χ3v) is 3.84. The van der Waals surface area contributed by atoms with Gasteiger partial charge in [0.15, 0.2) is 0 Å². The molecule has 1 atom stereocenters. The Bertz CT molecular complexity index is 635. The lowest BCUT2D eigenvalue weighted by Crippen LogP contribution is -2.45. The molecular weight excluding hydrogens is 319 g/mol. The van der Waals surface area contributed by atoms with E-state index in [2.05, 4.69) is 34.5 Å². The summed E-state index contributed by atoms with van der Waals surface area (Å²) >= 11 is 0. The lowest BCUT2D eigenvalue weighted by Gasteiger charge is -2.33. The summed E-state index contributed by atoms with van der Waals surface area (Å²) in [5, 5.41) is 13.6. The Labute approximate surface area is 143 Å². The van der Waals surface area contributed by atoms with Gasteiger partial charge in [-0.3, -0.25) is 9.88 Å². The van der Waals surface area contributed by atoms with Crippen LogP contribution in [0.5, 0.6) is 0 Å². The molecule has 1 aliphatic rings. The maximum atomic E-state index is 9.12. The smallest absolute Gasteiger partial charge is 0.0706 e. The van der Waals surface area contributed by atoms with Gasteiger partial charge >= 0.3 is 0 Å². The molecule has 1 aliphatic heterocycles. The average molecular weight is 339 g/mol. The van der Waals surface area contributed by atoms with Gasteiger partial charge in [-0.2, -0.15) is 5.26 Å². The van der Waals surface area contributed by atoms with Crippen molar-refractivity contribution in [3.63, 3.8) is 0 Å². The number of fused-ring (bicyclic) bond motifs is 1. The average Bonchev–Trinajstić information content (AvgIpc) is 2.53. The highest BCUT2D eigenvalue weighted by Crippen LogP contribution is 2.24. The molecule has 3 rings (SSSR count). The zero-order valence-corrected chi connectivity index (χ0v) is 13.9. The van der Waals surface area contributed by atoms with Gasteiger partial charge in [-0.1, -0.05) is 24.3 Å². The Kier molecular flexibility index (Phi) is 7.57. The van der Waals surface area contributed by atoms with E-state index >= 15 is 0 Å². The molecule has 0 aliphatic carbocycles. The predicted octanol–water partition coefficient (Wildman–Crippen LogP) is 2.94. The fraction of sp³-hybridized carbons (Fsp3) is 0.375. The van der Waals surface area contributed by atoms with Crippen molar-refractivity contribution in [1.82, 2.24) is 15.2 Å². The van der Waals surface area contributed by atoms with Crippen molar-refractivity contribution < 1.29 is 0 Å². The highest BCUT2D eigenvalue weighted by Gasteiger charge is 2.23. The van der Waals surface area contributed by atoms with E-state index in [0.717, 1.165) is 42.8 Å². The summed E-state index contributed by atoms with van der Waals surface area (Å²) in [5.74, 6) is 0. The first kappa shape index (κ1) is 18.7. The van der Waals surface area contributed by atoms with E-state index in [-0.39, 0.29) is 30.9 Å². The van der Waals surface area contributed by atoms with Crippen LogP contribution >= 0.6 is 24.8 Å². The minimum Gasteiger partial charge on any atom is -0.314 e. The SMILES string of the molecule is Cl.Cl.N#CC[C@H](c1ccc2ccccc2n1)N1CCNCC1. The van der Waals surface area contributed by atoms with Crippen molar-refractivity contribution >= 4 is 35.7 Å². The second-order valence-electron chi connectivity index (χ2n) is 5.09. The normalized spacial score (nSPS) is 16.1. The van der Waals surface area contributed by atoms with Crippen LogP contribution in [-0.4, -0.2) is 36.1 Å². The molecule has 22 heavy (non-hydrogen) atoms. The van der Waals surface area contributed by atoms with E-state index in [4.69, 9.17) is 10.2 Å². The lowest BCUT2D eigenvalue weighted by atomic mass is 10.1. The number of hydrogen-bond donors (Lipinski definition) is 1. The summed E-state index contributed by atoms with van der Waals surface area (Å²) in [7, 11) is 0. The van der Waals surface area contributed by atoms with Crippen molar-refractivity contribution in [2.45, 2.75) is 12.5 Å². The first-order valence-electron chi connectivity index (χ1n) is 7.06. The molecule has 0 spiro atoms. The van der Waals surface area contributed by atoms with E-state index in [1.165, 1.54) is 0 Å². The van der Waals surface area contributed by atoms with Crippen molar-refractivity contribution in [2.24, 2.45) is 0 Å². The molecule has 4 nitrogen and oxygen atoms in total. The summed E-state index contributed by atoms with van der Waals surface area (Å²) < 4.78 is 0. The van der Waals surface area contributed by atoms with Gasteiger partial charge in [-0.25, -0.2) is 0 Å². The van der Waals surface area contributed by atoms with Gasteiger partial charge in [-0.15, -0.1) is 24.8 Å². The Morgan fingerprint density at radius 3 is 2.59 bits per heavy atom. The molecule has 1 aromatic carbocycles. The highest BCUT2D eigenvalue weighted by molar-refractivity contribution is 5.85. The van der Waals surface area contributed by atoms with E-state index in [1.807, 2.05) is 18.2 Å². The predicted molar refractivity (Wildman–Crippen MR) is 93.7 cm³/mol. The molecule has 2 aromatic rings. The van der Waals surface area contributed by atoms with Crippen LogP contribution in [0.25, 0.3) is 10.9 Å². The number of para-hydroxylation sites is 1. The van der Waals surface area contributed by atoms with Gasteiger partial charge in [0, 0.05) is 31.6 Å². The minimum absolute atomic E-state index is 0. The summed E-state index contributed by atoms with van der Waals surface area (Å²) in [6.07, 6.45) is 0.491. The number of nitrogens with zero attached hydrogens (tertiary/aromatic N) is 3. The van der Waals surface area contributed by atoms with Crippen LogP contribution in [0.3, 0.4) is 0 Å². The maximum absolute atomic E-state index is 9.12. The molecule has 0 radical (unpaired) electrons. The van der Waals surface area contributed by atoms with Gasteiger partial charge in [0.05, 0.1) is 29.7 Å². The number of hydrogen-bond acceptors (Lipinski definition) is 4. The summed E-state index contributed by atoms with van der Waals surface area (Å²) in [4.78, 5) is 7.11. The van der Waals surface area contributed by atoms with E-state index in [9.17, 15) is 0 Å². The second kappa shape index (κ2) is 8.92. The highest BCUT2D eigenvalue weighted by atomic mass is 35.5. The Morgan fingerprint density at radius 1 is 1.14 bits per heavy atom. The van der Waals surface area contributed by atoms with Crippen molar-refractivity contribution in [2.75, 3.05) is 26.2 Å². The third-order valence-electron chi connectivity index (χ3n) is 3.84. The standard InChI is InChI=1S/C16H18N4.2ClH/c17-8-7-16(20-11-9-18-10-12-20)15-6-5-13-3-1-2-4-14(13)19-15;;/h1-6,16,18H,7,9-12H2;2*1H/t16-;;/m1../s1. The number of aromatic nitrogens is 1. The molecule has 2 heterocycles. The zero-order valence-electron chi connectivity index (χ0n) is 12.2. The van der Waals surface area contributed by atoms with Crippen molar-refractivity contribution in [3.8, 4) is 6.07 Å². The van der Waals surface area contributed by atoms with Crippen molar-refractivity contribution in [3.05, 3.63) is 42.1 Å². The van der Waals surface area contributed by atoms with E-state index in [1.54, 1.807) is 0 Å². The third kappa shape index (κ3) is 4.08. The van der Waals surface area contributed by atoms with Gasteiger partial charge in [0.2, 0.25) is 0 Å². The van der Waals surface area contributed by atoms with Crippen LogP contribution in [-0.2, 0) is 0 Å². The maximum Gasteiger partial charge on any atom is 0.0706 e.